The van der Waals surface area contributed by atoms with Gasteiger partial charge in [-0.15, -0.1) is 0 Å². The monoisotopic (exact) mass is 366 g/mol. The number of nitrogens with two attached hydrogens (primary N) is 1. The molecule has 0 heterocycles. The van der Waals surface area contributed by atoms with E-state index in [-0.39, 0.29) is 35.6 Å². The Morgan fingerprint density at radius 1 is 1.12 bits per heavy atom. The molecular weight excluding hydrogens is 330 g/mol. The van der Waals surface area contributed by atoms with Crippen molar-refractivity contribution in [1.82, 2.24) is 0 Å². The third-order valence-corrected chi connectivity index (χ3v) is 7.79. The van der Waals surface area contributed by atoms with Gasteiger partial charge in [-0.05, 0) is 43.9 Å². The van der Waals surface area contributed by atoms with Crippen LogP contribution in [0.2, 0.25) is 0 Å². The summed E-state index contributed by atoms with van der Waals surface area (Å²) in [5, 5.41) is 0. The Labute approximate surface area is 158 Å². The van der Waals surface area contributed by atoms with Crippen LogP contribution in [0.5, 0.6) is 0 Å². The molecule has 5 heteroatoms. The van der Waals surface area contributed by atoms with Gasteiger partial charge < -0.3 is 19.9 Å². The van der Waals surface area contributed by atoms with Gasteiger partial charge in [-0.25, -0.2) is 0 Å². The number of hydrogen-bond donors (Lipinski definition) is 1. The molecule has 0 amide bonds. The van der Waals surface area contributed by atoms with E-state index in [1.807, 2.05) is 0 Å². The molecule has 8 atom stereocenters. The van der Waals surface area contributed by atoms with Gasteiger partial charge in [0.15, 0.2) is 0 Å². The van der Waals surface area contributed by atoms with Crippen molar-refractivity contribution >= 4 is 5.78 Å². The molecule has 26 heavy (non-hydrogen) atoms. The zero-order valence-corrected chi connectivity index (χ0v) is 16.6. The first-order chi connectivity index (χ1) is 12.5. The van der Waals surface area contributed by atoms with Crippen molar-refractivity contribution in [2.75, 3.05) is 21.3 Å². The molecule has 3 rings (SSSR count). The Bertz CT molecular complexity index is 498. The van der Waals surface area contributed by atoms with E-state index in [1.54, 1.807) is 21.3 Å². The molecule has 148 valence electrons. The number of Topliss-reactive ketones (excluding diaryl/α,β-unsaturated/α-hetero) is 1. The predicted octanol–water partition coefficient (Wildman–Crippen LogP) is 2.76. The van der Waals surface area contributed by atoms with E-state index in [0.29, 0.717) is 24.2 Å². The van der Waals surface area contributed by atoms with Crippen LogP contribution >= 0.6 is 0 Å². The SMILES string of the molecule is [CH2+]CC12CCC(N)C(=O)CC1CCCC1CC(OC)C(OC)C(OC)C12. The molecular formula is C21H36NO4+. The minimum Gasteiger partial charge on any atom is -0.379 e. The Morgan fingerprint density at radius 3 is 2.46 bits per heavy atom. The van der Waals surface area contributed by atoms with Gasteiger partial charge >= 0.3 is 0 Å². The largest absolute Gasteiger partial charge is 0.379 e. The van der Waals surface area contributed by atoms with Crippen LogP contribution in [0.1, 0.15) is 51.4 Å². The lowest BCUT2D eigenvalue weighted by Crippen LogP contribution is -2.58. The van der Waals surface area contributed by atoms with E-state index < -0.39 is 0 Å². The van der Waals surface area contributed by atoms with E-state index >= 15 is 0 Å². The lowest BCUT2D eigenvalue weighted by atomic mass is 9.54. The average Bonchev–Trinajstić information content (AvgIpc) is 2.88. The van der Waals surface area contributed by atoms with Crippen molar-refractivity contribution in [3.8, 4) is 0 Å². The molecule has 0 spiro atoms. The van der Waals surface area contributed by atoms with Crippen LogP contribution in [0.3, 0.4) is 0 Å². The van der Waals surface area contributed by atoms with Crippen molar-refractivity contribution < 1.29 is 19.0 Å². The van der Waals surface area contributed by atoms with E-state index in [1.165, 1.54) is 6.42 Å². The maximum atomic E-state index is 12.5. The number of rotatable bonds is 4. The van der Waals surface area contributed by atoms with Crippen LogP contribution in [0, 0.1) is 30.1 Å². The molecule has 0 aromatic carbocycles. The highest BCUT2D eigenvalue weighted by molar-refractivity contribution is 5.84. The van der Waals surface area contributed by atoms with Crippen molar-refractivity contribution in [3.63, 3.8) is 0 Å². The lowest BCUT2D eigenvalue weighted by molar-refractivity contribution is -0.195. The number of ketones is 1. The molecule has 0 radical (unpaired) electrons. The summed E-state index contributed by atoms with van der Waals surface area (Å²) in [6.45, 7) is 4.39. The molecule has 3 aliphatic carbocycles. The predicted molar refractivity (Wildman–Crippen MR) is 101 cm³/mol. The smallest absolute Gasteiger partial charge is 0.149 e. The highest BCUT2D eigenvalue weighted by Crippen LogP contribution is 2.59. The van der Waals surface area contributed by atoms with E-state index in [9.17, 15) is 4.79 Å². The molecule has 3 saturated carbocycles. The quantitative estimate of drug-likeness (QED) is 0.775. The summed E-state index contributed by atoms with van der Waals surface area (Å²) < 4.78 is 17.7. The van der Waals surface area contributed by atoms with Crippen LogP contribution < -0.4 is 5.73 Å². The van der Waals surface area contributed by atoms with E-state index in [0.717, 1.165) is 38.5 Å². The van der Waals surface area contributed by atoms with E-state index in [2.05, 4.69) is 6.92 Å². The molecule has 0 bridgehead atoms. The van der Waals surface area contributed by atoms with Gasteiger partial charge in [0, 0.05) is 39.1 Å². The second-order valence-corrected chi connectivity index (χ2v) is 8.62. The van der Waals surface area contributed by atoms with Gasteiger partial charge in [-0.2, -0.15) is 0 Å². The number of carbonyl (C=O) groups is 1. The van der Waals surface area contributed by atoms with Gasteiger partial charge in [-0.3, -0.25) is 4.79 Å². The second kappa shape index (κ2) is 8.17. The Morgan fingerprint density at radius 2 is 1.85 bits per heavy atom. The Kier molecular flexibility index (Phi) is 6.33. The topological polar surface area (TPSA) is 70.8 Å². The number of carbonyl (C=O) groups excluding carboxylic acids is 1. The minimum atomic E-state index is -0.321. The first-order valence-corrected chi connectivity index (χ1v) is 10.2. The minimum absolute atomic E-state index is 0.00111. The molecule has 5 nitrogen and oxygen atoms in total. The Balaban J connectivity index is 2.04. The highest BCUT2D eigenvalue weighted by atomic mass is 16.6. The number of ether oxygens (including phenoxy) is 3. The molecule has 0 saturated heterocycles. The summed E-state index contributed by atoms with van der Waals surface area (Å²) in [5.74, 6) is 1.44. The number of methoxy groups -OCH3 is 3. The second-order valence-electron chi connectivity index (χ2n) is 8.62. The fourth-order valence-electron chi connectivity index (χ4n) is 6.49. The van der Waals surface area contributed by atoms with Gasteiger partial charge in [0.2, 0.25) is 0 Å². The number of hydrogen-bond acceptors (Lipinski definition) is 5. The van der Waals surface area contributed by atoms with Crippen LogP contribution in [0.15, 0.2) is 0 Å². The van der Waals surface area contributed by atoms with Crippen LogP contribution in [-0.4, -0.2) is 51.5 Å². The van der Waals surface area contributed by atoms with Crippen LogP contribution in [0.25, 0.3) is 0 Å². The highest BCUT2D eigenvalue weighted by Gasteiger charge is 2.59. The van der Waals surface area contributed by atoms with Crippen LogP contribution in [-0.2, 0) is 19.0 Å². The first-order valence-electron chi connectivity index (χ1n) is 10.2. The molecule has 2 N–H and O–H groups in total. The maximum absolute atomic E-state index is 12.5. The lowest BCUT2D eigenvalue weighted by Gasteiger charge is -2.53. The molecule has 8 unspecified atom stereocenters. The fraction of sp³-hybridized carbons (Fsp3) is 0.905. The zero-order chi connectivity index (χ0) is 18.9. The first kappa shape index (κ1) is 20.1. The normalized spacial score (nSPS) is 46.8. The molecule has 0 aliphatic heterocycles. The third-order valence-electron chi connectivity index (χ3n) is 7.79. The third kappa shape index (κ3) is 3.21. The standard InChI is InChI=1S/C21H36NO4/c1-5-21-10-9-15(22)16(23)12-14(21)8-6-7-13-11-17(24-2)19(25-3)20(26-4)18(13)21/h13-15,17-20H,1,5-12,22H2,2-4H3/q+1. The maximum Gasteiger partial charge on any atom is 0.149 e. The van der Waals surface area contributed by atoms with Gasteiger partial charge in [0.25, 0.3) is 0 Å². The summed E-state index contributed by atoms with van der Waals surface area (Å²) in [6.07, 6.45) is 7.49. The summed E-state index contributed by atoms with van der Waals surface area (Å²) in [4.78, 5) is 12.5. The summed E-state index contributed by atoms with van der Waals surface area (Å²) in [5.41, 5.74) is 6.17. The molecule has 3 aliphatic rings. The summed E-state index contributed by atoms with van der Waals surface area (Å²) in [6, 6.07) is -0.321. The van der Waals surface area contributed by atoms with Gasteiger partial charge in [0.05, 0.1) is 31.6 Å². The molecule has 3 fully saturated rings. The van der Waals surface area contributed by atoms with Gasteiger partial charge in [0.1, 0.15) is 11.9 Å². The van der Waals surface area contributed by atoms with Crippen molar-refractivity contribution in [1.29, 1.82) is 0 Å². The van der Waals surface area contributed by atoms with Gasteiger partial charge in [-0.1, -0.05) is 6.42 Å². The van der Waals surface area contributed by atoms with E-state index in [4.69, 9.17) is 19.9 Å². The molecule has 0 aromatic rings. The Hall–Kier alpha value is -0.620. The van der Waals surface area contributed by atoms with Crippen molar-refractivity contribution in [2.45, 2.75) is 75.7 Å². The summed E-state index contributed by atoms with van der Waals surface area (Å²) in [7, 11) is 5.31. The summed E-state index contributed by atoms with van der Waals surface area (Å²) >= 11 is 0. The van der Waals surface area contributed by atoms with Crippen molar-refractivity contribution in [3.05, 3.63) is 6.92 Å². The van der Waals surface area contributed by atoms with Crippen molar-refractivity contribution in [2.24, 2.45) is 28.9 Å². The average molecular weight is 367 g/mol. The van der Waals surface area contributed by atoms with Crippen LogP contribution in [0.4, 0.5) is 0 Å². The zero-order valence-electron chi connectivity index (χ0n) is 16.6. The number of fused-ring (bicyclic) bond motifs is 3. The molecule has 0 aromatic heterocycles. The fourth-order valence-corrected chi connectivity index (χ4v) is 6.49.